The standard InChI is InChI=1S/C14H26N2O3S/c1-11(10-20(2,18)19)16(13-4-5-13)14(17)6-3-12-7-8-15-9-12/h11-13,15H,3-10H2,1-2H3. The van der Waals surface area contributed by atoms with Crippen LogP contribution in [0.4, 0.5) is 0 Å². The summed E-state index contributed by atoms with van der Waals surface area (Å²) in [7, 11) is -3.04. The number of sulfone groups is 1. The van der Waals surface area contributed by atoms with Crippen LogP contribution in [0.1, 0.15) is 39.0 Å². The van der Waals surface area contributed by atoms with Crippen LogP contribution in [0.15, 0.2) is 0 Å². The SMILES string of the molecule is CC(CS(C)(=O)=O)N(C(=O)CCC1CCNC1)C1CC1. The van der Waals surface area contributed by atoms with Crippen molar-refractivity contribution in [1.82, 2.24) is 10.2 Å². The summed E-state index contributed by atoms with van der Waals surface area (Å²) in [6.07, 6.45) is 5.89. The van der Waals surface area contributed by atoms with E-state index in [0.29, 0.717) is 12.3 Å². The van der Waals surface area contributed by atoms with E-state index < -0.39 is 9.84 Å². The highest BCUT2D eigenvalue weighted by Gasteiger charge is 2.36. The van der Waals surface area contributed by atoms with Crippen molar-refractivity contribution in [3.63, 3.8) is 0 Å². The second kappa shape index (κ2) is 6.43. The molecule has 0 spiro atoms. The van der Waals surface area contributed by atoms with Gasteiger partial charge in [0.05, 0.1) is 5.75 Å². The maximum atomic E-state index is 12.4. The normalized spacial score (nSPS) is 24.6. The molecule has 6 heteroatoms. The van der Waals surface area contributed by atoms with Crippen molar-refractivity contribution in [2.45, 2.75) is 51.1 Å². The Balaban J connectivity index is 1.88. The third kappa shape index (κ3) is 4.74. The van der Waals surface area contributed by atoms with Crippen molar-refractivity contribution in [3.05, 3.63) is 0 Å². The lowest BCUT2D eigenvalue weighted by molar-refractivity contribution is -0.133. The lowest BCUT2D eigenvalue weighted by Crippen LogP contribution is -2.43. The molecule has 2 atom stereocenters. The first kappa shape index (κ1) is 15.8. The summed E-state index contributed by atoms with van der Waals surface area (Å²) in [4.78, 5) is 14.3. The summed E-state index contributed by atoms with van der Waals surface area (Å²) in [5.41, 5.74) is 0. The van der Waals surface area contributed by atoms with Crippen LogP contribution in [-0.2, 0) is 14.6 Å². The number of nitrogens with zero attached hydrogens (tertiary/aromatic N) is 1. The van der Waals surface area contributed by atoms with Crippen molar-refractivity contribution < 1.29 is 13.2 Å². The van der Waals surface area contributed by atoms with Crippen molar-refractivity contribution in [1.29, 1.82) is 0 Å². The van der Waals surface area contributed by atoms with Crippen LogP contribution in [0, 0.1) is 5.92 Å². The van der Waals surface area contributed by atoms with Gasteiger partial charge in [-0.2, -0.15) is 0 Å². The van der Waals surface area contributed by atoms with Crippen molar-refractivity contribution >= 4 is 15.7 Å². The minimum absolute atomic E-state index is 0.0697. The van der Waals surface area contributed by atoms with E-state index in [2.05, 4.69) is 5.32 Å². The molecule has 2 fully saturated rings. The predicted octanol–water partition coefficient (Wildman–Crippen LogP) is 0.800. The van der Waals surface area contributed by atoms with E-state index in [1.54, 1.807) is 0 Å². The molecule has 5 nitrogen and oxygen atoms in total. The van der Waals surface area contributed by atoms with Crippen molar-refractivity contribution in [2.75, 3.05) is 25.1 Å². The summed E-state index contributed by atoms with van der Waals surface area (Å²) in [5, 5.41) is 3.31. The molecule has 20 heavy (non-hydrogen) atoms. The predicted molar refractivity (Wildman–Crippen MR) is 79.3 cm³/mol. The highest BCUT2D eigenvalue weighted by atomic mass is 32.2. The molecular weight excluding hydrogens is 276 g/mol. The minimum Gasteiger partial charge on any atom is -0.336 e. The summed E-state index contributed by atoms with van der Waals surface area (Å²) >= 11 is 0. The fraction of sp³-hybridized carbons (Fsp3) is 0.929. The second-order valence-electron chi connectivity index (χ2n) is 6.37. The molecule has 1 saturated heterocycles. The Bertz CT molecular complexity index is 439. The van der Waals surface area contributed by atoms with Crippen LogP contribution in [0.25, 0.3) is 0 Å². The summed E-state index contributed by atoms with van der Waals surface area (Å²) in [6, 6.07) is 0.0765. The van der Waals surface area contributed by atoms with Crippen LogP contribution < -0.4 is 5.32 Å². The Morgan fingerprint density at radius 1 is 1.35 bits per heavy atom. The number of carbonyl (C=O) groups is 1. The van der Waals surface area contributed by atoms with Gasteiger partial charge in [0, 0.05) is 24.8 Å². The zero-order chi connectivity index (χ0) is 14.8. The summed E-state index contributed by atoms with van der Waals surface area (Å²) in [6.45, 7) is 3.92. The Kier molecular flexibility index (Phi) is 5.07. The van der Waals surface area contributed by atoms with Gasteiger partial charge in [0.25, 0.3) is 0 Å². The Morgan fingerprint density at radius 3 is 2.55 bits per heavy atom. The third-order valence-electron chi connectivity index (χ3n) is 4.18. The molecule has 1 aliphatic heterocycles. The van der Waals surface area contributed by atoms with E-state index >= 15 is 0 Å². The van der Waals surface area contributed by atoms with E-state index in [4.69, 9.17) is 0 Å². The van der Waals surface area contributed by atoms with Gasteiger partial charge < -0.3 is 10.2 Å². The number of amides is 1. The van der Waals surface area contributed by atoms with Crippen LogP contribution >= 0.6 is 0 Å². The van der Waals surface area contributed by atoms with Crippen LogP contribution in [0.3, 0.4) is 0 Å². The number of hydrogen-bond acceptors (Lipinski definition) is 4. The Labute approximate surface area is 122 Å². The number of hydrogen-bond donors (Lipinski definition) is 1. The maximum absolute atomic E-state index is 12.4. The van der Waals surface area contributed by atoms with Crippen LogP contribution in [0.2, 0.25) is 0 Å². The van der Waals surface area contributed by atoms with Crippen molar-refractivity contribution in [3.8, 4) is 0 Å². The van der Waals surface area contributed by atoms with Gasteiger partial charge in [-0.05, 0) is 51.6 Å². The van der Waals surface area contributed by atoms with Gasteiger partial charge in [0.2, 0.25) is 5.91 Å². The van der Waals surface area contributed by atoms with E-state index in [1.165, 1.54) is 6.26 Å². The first-order valence-electron chi connectivity index (χ1n) is 7.56. The largest absolute Gasteiger partial charge is 0.336 e. The maximum Gasteiger partial charge on any atom is 0.223 e. The first-order chi connectivity index (χ1) is 9.37. The Morgan fingerprint density at radius 2 is 2.05 bits per heavy atom. The molecule has 0 aromatic rings. The summed E-state index contributed by atoms with van der Waals surface area (Å²) < 4.78 is 22.9. The quantitative estimate of drug-likeness (QED) is 0.755. The molecular formula is C14H26N2O3S. The molecule has 1 N–H and O–H groups in total. The minimum atomic E-state index is -3.04. The zero-order valence-corrected chi connectivity index (χ0v) is 13.3. The molecule has 2 aliphatic rings. The van der Waals surface area contributed by atoms with Gasteiger partial charge in [0.1, 0.15) is 9.84 Å². The van der Waals surface area contributed by atoms with Gasteiger partial charge in [-0.15, -0.1) is 0 Å². The van der Waals surface area contributed by atoms with E-state index in [1.807, 2.05) is 11.8 Å². The molecule has 1 saturated carbocycles. The highest BCUT2D eigenvalue weighted by molar-refractivity contribution is 7.90. The molecule has 1 amide bonds. The molecule has 116 valence electrons. The lowest BCUT2D eigenvalue weighted by Gasteiger charge is -2.29. The van der Waals surface area contributed by atoms with Gasteiger partial charge >= 0.3 is 0 Å². The van der Waals surface area contributed by atoms with Crippen LogP contribution in [0.5, 0.6) is 0 Å². The fourth-order valence-corrected chi connectivity index (χ4v) is 4.13. The number of rotatable bonds is 7. The highest BCUT2D eigenvalue weighted by Crippen LogP contribution is 2.30. The first-order valence-corrected chi connectivity index (χ1v) is 9.62. The van der Waals surface area contributed by atoms with Gasteiger partial charge in [-0.25, -0.2) is 8.42 Å². The van der Waals surface area contributed by atoms with Crippen molar-refractivity contribution in [2.24, 2.45) is 5.92 Å². The smallest absolute Gasteiger partial charge is 0.223 e. The lowest BCUT2D eigenvalue weighted by atomic mass is 10.0. The average molecular weight is 302 g/mol. The van der Waals surface area contributed by atoms with E-state index in [0.717, 1.165) is 38.8 Å². The second-order valence-corrected chi connectivity index (χ2v) is 8.56. The number of nitrogens with one attached hydrogen (secondary N) is 1. The van der Waals surface area contributed by atoms with Crippen LogP contribution in [-0.4, -0.2) is 56.4 Å². The molecule has 1 aliphatic carbocycles. The Hall–Kier alpha value is -0.620. The van der Waals surface area contributed by atoms with Gasteiger partial charge in [-0.3, -0.25) is 4.79 Å². The topological polar surface area (TPSA) is 66.5 Å². The molecule has 2 unspecified atom stereocenters. The molecule has 0 radical (unpaired) electrons. The fourth-order valence-electron chi connectivity index (χ4n) is 3.10. The molecule has 0 aromatic heterocycles. The summed E-state index contributed by atoms with van der Waals surface area (Å²) in [5.74, 6) is 0.806. The molecule has 0 bridgehead atoms. The molecule has 1 heterocycles. The third-order valence-corrected chi connectivity index (χ3v) is 5.26. The number of carbonyl (C=O) groups excluding carboxylic acids is 1. The van der Waals surface area contributed by atoms with E-state index in [-0.39, 0.29) is 23.7 Å². The zero-order valence-electron chi connectivity index (χ0n) is 12.5. The average Bonchev–Trinajstić information content (AvgIpc) is 3.00. The molecule has 0 aromatic carbocycles. The molecule has 2 rings (SSSR count). The van der Waals surface area contributed by atoms with E-state index in [9.17, 15) is 13.2 Å². The monoisotopic (exact) mass is 302 g/mol. The van der Waals surface area contributed by atoms with Gasteiger partial charge in [0.15, 0.2) is 0 Å². The van der Waals surface area contributed by atoms with Gasteiger partial charge in [-0.1, -0.05) is 0 Å².